The molecule has 0 radical (unpaired) electrons. The number of piperidine rings is 1. The molecule has 1 aliphatic heterocycles. The third-order valence-corrected chi connectivity index (χ3v) is 7.39. The second kappa shape index (κ2) is 9.17. The smallest absolute Gasteiger partial charge is 0.243 e. The topological polar surface area (TPSA) is 92.5 Å². The predicted molar refractivity (Wildman–Crippen MR) is 114 cm³/mol. The Kier molecular flexibility index (Phi) is 6.85. The van der Waals surface area contributed by atoms with E-state index < -0.39 is 15.7 Å². The normalized spacial score (nSPS) is 17.2. The fourth-order valence-electron chi connectivity index (χ4n) is 3.59. The molecule has 0 aliphatic carbocycles. The average molecular weight is 416 g/mol. The molecule has 1 heterocycles. The molecule has 1 fully saturated rings. The van der Waals surface area contributed by atoms with Gasteiger partial charge in [0.1, 0.15) is 0 Å². The molecule has 1 aliphatic rings. The van der Waals surface area contributed by atoms with E-state index in [0.29, 0.717) is 31.5 Å². The number of ketones is 1. The van der Waals surface area contributed by atoms with Crippen LogP contribution in [0.2, 0.25) is 0 Å². The number of Topliss-reactive ketones (excluding diaryl/α,β-unsaturated/α-hetero) is 1. The minimum absolute atomic E-state index is 0.0850. The molecule has 0 unspecified atom stereocenters. The van der Waals surface area contributed by atoms with Crippen molar-refractivity contribution in [3.8, 4) is 0 Å². The lowest BCUT2D eigenvalue weighted by atomic mass is 9.99. The van der Waals surface area contributed by atoms with Crippen LogP contribution < -0.4 is 11.1 Å². The monoisotopic (exact) mass is 415 g/mol. The van der Waals surface area contributed by atoms with Crippen molar-refractivity contribution >= 4 is 15.8 Å². The Morgan fingerprint density at radius 3 is 2.28 bits per heavy atom. The van der Waals surface area contributed by atoms with Crippen LogP contribution in [0.25, 0.3) is 0 Å². The summed E-state index contributed by atoms with van der Waals surface area (Å²) in [6.07, 6.45) is 3.08. The SMILES string of the molecule is CC(=O)c1ccc(S(=O)(=O)N2CCC(N)(NCCCc3ccccc3)CC2)cc1. The van der Waals surface area contributed by atoms with E-state index in [9.17, 15) is 13.2 Å². The van der Waals surface area contributed by atoms with E-state index in [0.717, 1.165) is 19.4 Å². The van der Waals surface area contributed by atoms with Gasteiger partial charge in [-0.25, -0.2) is 8.42 Å². The lowest BCUT2D eigenvalue weighted by Gasteiger charge is -2.39. The second-order valence-electron chi connectivity index (χ2n) is 7.66. The van der Waals surface area contributed by atoms with Gasteiger partial charge >= 0.3 is 0 Å². The summed E-state index contributed by atoms with van der Waals surface area (Å²) in [4.78, 5) is 11.6. The number of rotatable bonds is 8. The van der Waals surface area contributed by atoms with Crippen molar-refractivity contribution in [1.82, 2.24) is 9.62 Å². The number of hydrogen-bond acceptors (Lipinski definition) is 5. The van der Waals surface area contributed by atoms with E-state index >= 15 is 0 Å². The highest BCUT2D eigenvalue weighted by molar-refractivity contribution is 7.89. The number of nitrogens with zero attached hydrogens (tertiary/aromatic N) is 1. The summed E-state index contributed by atoms with van der Waals surface area (Å²) >= 11 is 0. The number of aryl methyl sites for hydroxylation is 1. The first-order chi connectivity index (χ1) is 13.8. The van der Waals surface area contributed by atoms with Gasteiger partial charge in [0.05, 0.1) is 10.6 Å². The van der Waals surface area contributed by atoms with Crippen LogP contribution in [0.1, 0.15) is 42.1 Å². The summed E-state index contributed by atoms with van der Waals surface area (Å²) in [5, 5.41) is 3.42. The van der Waals surface area contributed by atoms with Gasteiger partial charge in [-0.05, 0) is 56.8 Å². The Hall–Kier alpha value is -2.06. The minimum atomic E-state index is -3.58. The van der Waals surface area contributed by atoms with Crippen LogP contribution in [-0.4, -0.2) is 43.8 Å². The maximum atomic E-state index is 12.9. The van der Waals surface area contributed by atoms with Gasteiger partial charge in [-0.2, -0.15) is 4.31 Å². The van der Waals surface area contributed by atoms with Crippen LogP contribution in [-0.2, 0) is 16.4 Å². The Bertz CT molecular complexity index is 920. The standard InChI is InChI=1S/C22H29N3O3S/c1-18(26)20-9-11-21(12-10-20)29(27,28)25-16-13-22(23,14-17-25)24-15-5-8-19-6-3-2-4-7-19/h2-4,6-7,9-12,24H,5,8,13-17,23H2,1H3. The molecule has 1 saturated heterocycles. The maximum Gasteiger partial charge on any atom is 0.243 e. The van der Waals surface area contributed by atoms with Crippen LogP contribution in [0.5, 0.6) is 0 Å². The highest BCUT2D eigenvalue weighted by Gasteiger charge is 2.35. The van der Waals surface area contributed by atoms with Crippen molar-refractivity contribution in [3.63, 3.8) is 0 Å². The molecule has 2 aromatic carbocycles. The van der Waals surface area contributed by atoms with Gasteiger partial charge in [-0.3, -0.25) is 10.1 Å². The zero-order valence-corrected chi connectivity index (χ0v) is 17.6. The molecule has 7 heteroatoms. The Labute approximate surface area is 173 Å². The Morgan fingerprint density at radius 1 is 1.07 bits per heavy atom. The number of hydrogen-bond donors (Lipinski definition) is 2. The van der Waals surface area contributed by atoms with Crippen LogP contribution in [0.4, 0.5) is 0 Å². The summed E-state index contributed by atoms with van der Waals surface area (Å²) in [6.45, 7) is 3.00. The van der Waals surface area contributed by atoms with Crippen LogP contribution >= 0.6 is 0 Å². The second-order valence-corrected chi connectivity index (χ2v) is 9.59. The molecule has 0 bridgehead atoms. The van der Waals surface area contributed by atoms with Gasteiger partial charge in [-0.15, -0.1) is 0 Å². The summed E-state index contributed by atoms with van der Waals surface area (Å²) in [6, 6.07) is 16.4. The highest BCUT2D eigenvalue weighted by atomic mass is 32.2. The first-order valence-electron chi connectivity index (χ1n) is 9.99. The molecule has 3 N–H and O–H groups in total. The first kappa shape index (κ1) is 21.6. The number of benzene rings is 2. The van der Waals surface area contributed by atoms with Gasteiger partial charge in [0.25, 0.3) is 0 Å². The number of nitrogens with one attached hydrogen (secondary N) is 1. The van der Waals surface area contributed by atoms with Gasteiger partial charge in [0.15, 0.2) is 5.78 Å². The van der Waals surface area contributed by atoms with E-state index in [2.05, 4.69) is 17.4 Å². The van der Waals surface area contributed by atoms with Crippen molar-refractivity contribution in [3.05, 3.63) is 65.7 Å². The number of carbonyl (C=O) groups is 1. The highest BCUT2D eigenvalue weighted by Crippen LogP contribution is 2.24. The fourth-order valence-corrected chi connectivity index (χ4v) is 5.03. The molecular formula is C22H29N3O3S. The van der Waals surface area contributed by atoms with E-state index in [1.165, 1.54) is 28.9 Å². The van der Waals surface area contributed by atoms with Crippen LogP contribution in [0.3, 0.4) is 0 Å². The van der Waals surface area contributed by atoms with Gasteiger partial charge in [0, 0.05) is 18.7 Å². The Balaban J connectivity index is 1.51. The summed E-state index contributed by atoms with van der Waals surface area (Å²) in [5.41, 5.74) is 7.73. The molecule has 29 heavy (non-hydrogen) atoms. The molecule has 2 aromatic rings. The summed E-state index contributed by atoms with van der Waals surface area (Å²) in [7, 11) is -3.58. The molecule has 0 amide bonds. The molecule has 3 rings (SSSR count). The van der Waals surface area contributed by atoms with Crippen molar-refractivity contribution in [2.45, 2.75) is 43.2 Å². The molecule has 0 atom stereocenters. The quantitative estimate of drug-likeness (QED) is 0.393. The van der Waals surface area contributed by atoms with Crippen LogP contribution in [0.15, 0.2) is 59.5 Å². The lowest BCUT2D eigenvalue weighted by molar-refractivity contribution is 0.101. The van der Waals surface area contributed by atoms with Crippen molar-refractivity contribution < 1.29 is 13.2 Å². The number of carbonyl (C=O) groups excluding carboxylic acids is 1. The predicted octanol–water partition coefficient (Wildman–Crippen LogP) is 2.55. The van der Waals surface area contributed by atoms with E-state index in [1.54, 1.807) is 12.1 Å². The van der Waals surface area contributed by atoms with Gasteiger partial charge in [-0.1, -0.05) is 42.5 Å². The summed E-state index contributed by atoms with van der Waals surface area (Å²) < 4.78 is 27.2. The lowest BCUT2D eigenvalue weighted by Crippen LogP contribution is -2.60. The molecule has 0 aromatic heterocycles. The first-order valence-corrected chi connectivity index (χ1v) is 11.4. The third kappa shape index (κ3) is 5.51. The van der Waals surface area contributed by atoms with Crippen molar-refractivity contribution in [1.29, 1.82) is 0 Å². The molecule has 6 nitrogen and oxygen atoms in total. The third-order valence-electron chi connectivity index (χ3n) is 5.48. The van der Waals surface area contributed by atoms with Crippen molar-refractivity contribution in [2.75, 3.05) is 19.6 Å². The fraction of sp³-hybridized carbons (Fsp3) is 0.409. The number of sulfonamides is 1. The van der Waals surface area contributed by atoms with Gasteiger partial charge < -0.3 is 5.73 Å². The largest absolute Gasteiger partial charge is 0.313 e. The maximum absolute atomic E-state index is 12.9. The van der Waals surface area contributed by atoms with E-state index in [4.69, 9.17) is 5.73 Å². The zero-order chi connectivity index (χ0) is 20.9. The van der Waals surface area contributed by atoms with E-state index in [-0.39, 0.29) is 10.7 Å². The molecule has 156 valence electrons. The van der Waals surface area contributed by atoms with E-state index in [1.807, 2.05) is 18.2 Å². The molecular weight excluding hydrogens is 386 g/mol. The summed E-state index contributed by atoms with van der Waals surface area (Å²) in [5.74, 6) is -0.0850. The molecule has 0 spiro atoms. The number of nitrogens with two attached hydrogens (primary N) is 1. The zero-order valence-electron chi connectivity index (χ0n) is 16.8. The van der Waals surface area contributed by atoms with Crippen LogP contribution in [0, 0.1) is 0 Å². The molecule has 0 saturated carbocycles. The van der Waals surface area contributed by atoms with Crippen molar-refractivity contribution in [2.24, 2.45) is 5.73 Å². The van der Waals surface area contributed by atoms with Gasteiger partial charge in [0.2, 0.25) is 10.0 Å². The Morgan fingerprint density at radius 2 is 1.69 bits per heavy atom. The average Bonchev–Trinajstić information content (AvgIpc) is 2.72. The minimum Gasteiger partial charge on any atom is -0.313 e.